The number of anilines is 1. The van der Waals surface area contributed by atoms with Gasteiger partial charge in [0, 0.05) is 12.7 Å². The maximum atomic E-state index is 11.7. The number of carbonyl (C=O) groups excluding carboxylic acids is 2. The third-order valence-electron chi connectivity index (χ3n) is 2.04. The van der Waals surface area contributed by atoms with E-state index in [0.29, 0.717) is 12.3 Å². The molecule has 17 heavy (non-hydrogen) atoms. The van der Waals surface area contributed by atoms with Gasteiger partial charge in [-0.3, -0.25) is 4.79 Å². The fraction of sp³-hybridized carbons (Fsp3) is 0.333. The number of para-hydroxylation sites is 1. The Morgan fingerprint density at radius 3 is 2.53 bits per heavy atom. The molecule has 0 unspecified atom stereocenters. The van der Waals surface area contributed by atoms with Gasteiger partial charge >= 0.3 is 12.0 Å². The van der Waals surface area contributed by atoms with E-state index in [9.17, 15) is 9.59 Å². The van der Waals surface area contributed by atoms with E-state index in [0.717, 1.165) is 0 Å². The molecule has 0 fully saturated rings. The molecule has 0 bridgehead atoms. The Balaban J connectivity index is 2.45. The summed E-state index contributed by atoms with van der Waals surface area (Å²) in [5.74, 6) is -0.418. The number of amides is 2. The molecule has 5 heteroatoms. The van der Waals surface area contributed by atoms with E-state index in [4.69, 9.17) is 4.74 Å². The van der Waals surface area contributed by atoms with Gasteiger partial charge in [-0.15, -0.1) is 0 Å². The summed E-state index contributed by atoms with van der Waals surface area (Å²) in [4.78, 5) is 24.1. The van der Waals surface area contributed by atoms with E-state index >= 15 is 0 Å². The molecular formula is C12H16N2O3. The highest BCUT2D eigenvalue weighted by Crippen LogP contribution is 2.05. The zero-order chi connectivity index (χ0) is 12.7. The Labute approximate surface area is 100 Å². The average molecular weight is 236 g/mol. The second kappa shape index (κ2) is 6.52. The van der Waals surface area contributed by atoms with Crippen molar-refractivity contribution < 1.29 is 14.3 Å². The van der Waals surface area contributed by atoms with Crippen molar-refractivity contribution in [2.45, 2.75) is 6.92 Å². The molecule has 0 saturated heterocycles. The first-order valence-corrected chi connectivity index (χ1v) is 5.36. The van der Waals surface area contributed by atoms with Crippen LogP contribution in [-0.2, 0) is 9.53 Å². The summed E-state index contributed by atoms with van der Waals surface area (Å²) >= 11 is 0. The van der Waals surface area contributed by atoms with Crippen LogP contribution in [0.3, 0.4) is 0 Å². The number of hydrogen-bond acceptors (Lipinski definition) is 3. The van der Waals surface area contributed by atoms with Gasteiger partial charge in [-0.25, -0.2) is 4.79 Å². The second-order valence-electron chi connectivity index (χ2n) is 3.46. The average Bonchev–Trinajstić information content (AvgIpc) is 2.30. The summed E-state index contributed by atoms with van der Waals surface area (Å²) in [6.07, 6.45) is 0. The number of nitrogens with zero attached hydrogens (tertiary/aromatic N) is 1. The number of urea groups is 1. The SMILES string of the molecule is CCOC(=O)CN(C)C(=O)Nc1ccccc1. The van der Waals surface area contributed by atoms with Crippen molar-refractivity contribution in [2.24, 2.45) is 0 Å². The van der Waals surface area contributed by atoms with Crippen LogP contribution in [0.15, 0.2) is 30.3 Å². The van der Waals surface area contributed by atoms with E-state index in [1.54, 1.807) is 19.1 Å². The number of carbonyl (C=O) groups is 2. The Hall–Kier alpha value is -2.04. The molecule has 92 valence electrons. The summed E-state index contributed by atoms with van der Waals surface area (Å²) in [6, 6.07) is 8.70. The lowest BCUT2D eigenvalue weighted by Gasteiger charge is -2.16. The third kappa shape index (κ3) is 4.55. The van der Waals surface area contributed by atoms with E-state index in [-0.39, 0.29) is 12.6 Å². The molecule has 1 aromatic carbocycles. The van der Waals surface area contributed by atoms with Gasteiger partial charge in [0.2, 0.25) is 0 Å². The van der Waals surface area contributed by atoms with Crippen molar-refractivity contribution in [3.63, 3.8) is 0 Å². The van der Waals surface area contributed by atoms with Crippen molar-refractivity contribution >= 4 is 17.7 Å². The number of esters is 1. The number of likely N-dealkylation sites (N-methyl/N-ethyl adjacent to an activating group) is 1. The molecule has 1 rings (SSSR count). The lowest BCUT2D eigenvalue weighted by Crippen LogP contribution is -2.36. The predicted molar refractivity (Wildman–Crippen MR) is 64.7 cm³/mol. The van der Waals surface area contributed by atoms with Crippen LogP contribution in [0.2, 0.25) is 0 Å². The molecule has 0 heterocycles. The molecule has 0 aliphatic carbocycles. The highest BCUT2D eigenvalue weighted by Gasteiger charge is 2.13. The molecule has 1 aromatic rings. The number of benzene rings is 1. The minimum Gasteiger partial charge on any atom is -0.465 e. The normalized spacial score (nSPS) is 9.53. The van der Waals surface area contributed by atoms with E-state index in [2.05, 4.69) is 5.32 Å². The van der Waals surface area contributed by atoms with Crippen molar-refractivity contribution in [1.82, 2.24) is 4.90 Å². The molecule has 1 N–H and O–H groups in total. The highest BCUT2D eigenvalue weighted by atomic mass is 16.5. The maximum absolute atomic E-state index is 11.7. The van der Waals surface area contributed by atoms with E-state index in [1.165, 1.54) is 11.9 Å². The third-order valence-corrected chi connectivity index (χ3v) is 2.04. The fourth-order valence-electron chi connectivity index (χ4n) is 1.21. The number of hydrogen-bond donors (Lipinski definition) is 1. The first kappa shape index (κ1) is 13.0. The minimum absolute atomic E-state index is 0.0630. The number of rotatable bonds is 4. The molecular weight excluding hydrogens is 220 g/mol. The maximum Gasteiger partial charge on any atom is 0.325 e. The van der Waals surface area contributed by atoms with Gasteiger partial charge in [0.15, 0.2) is 0 Å². The summed E-state index contributed by atoms with van der Waals surface area (Å²) < 4.78 is 4.75. The molecule has 0 aliphatic heterocycles. The van der Waals surface area contributed by atoms with Crippen LogP contribution < -0.4 is 5.32 Å². The van der Waals surface area contributed by atoms with Gasteiger partial charge in [0.25, 0.3) is 0 Å². The predicted octanol–water partition coefficient (Wildman–Crippen LogP) is 1.71. The molecule has 0 radical (unpaired) electrons. The van der Waals surface area contributed by atoms with Crippen molar-refractivity contribution in [1.29, 1.82) is 0 Å². The lowest BCUT2D eigenvalue weighted by atomic mass is 10.3. The molecule has 0 saturated carbocycles. The van der Waals surface area contributed by atoms with Crippen LogP contribution in [0.25, 0.3) is 0 Å². The molecule has 0 aromatic heterocycles. The standard InChI is InChI=1S/C12H16N2O3/c1-3-17-11(15)9-14(2)12(16)13-10-7-5-4-6-8-10/h4-8H,3,9H2,1-2H3,(H,13,16). The summed E-state index contributed by atoms with van der Waals surface area (Å²) in [7, 11) is 1.54. The molecule has 0 aliphatic rings. The van der Waals surface area contributed by atoms with E-state index < -0.39 is 5.97 Å². The van der Waals surface area contributed by atoms with Gasteiger partial charge in [0.05, 0.1) is 6.61 Å². The first-order valence-electron chi connectivity index (χ1n) is 5.36. The van der Waals surface area contributed by atoms with Crippen LogP contribution in [0.1, 0.15) is 6.92 Å². The zero-order valence-electron chi connectivity index (χ0n) is 9.97. The fourth-order valence-corrected chi connectivity index (χ4v) is 1.21. The minimum atomic E-state index is -0.418. The summed E-state index contributed by atoms with van der Waals surface area (Å²) in [5.41, 5.74) is 0.688. The van der Waals surface area contributed by atoms with Crippen molar-refractivity contribution in [2.75, 3.05) is 25.5 Å². The van der Waals surface area contributed by atoms with Gasteiger partial charge in [-0.05, 0) is 19.1 Å². The topological polar surface area (TPSA) is 58.6 Å². The van der Waals surface area contributed by atoms with Crippen LogP contribution in [0, 0.1) is 0 Å². The zero-order valence-corrected chi connectivity index (χ0v) is 9.97. The Morgan fingerprint density at radius 2 is 1.94 bits per heavy atom. The molecule has 0 atom stereocenters. The Morgan fingerprint density at radius 1 is 1.29 bits per heavy atom. The van der Waals surface area contributed by atoms with Crippen LogP contribution in [0.4, 0.5) is 10.5 Å². The van der Waals surface area contributed by atoms with Gasteiger partial charge in [-0.2, -0.15) is 0 Å². The van der Waals surface area contributed by atoms with Crippen LogP contribution >= 0.6 is 0 Å². The quantitative estimate of drug-likeness (QED) is 0.810. The second-order valence-corrected chi connectivity index (χ2v) is 3.46. The molecule has 5 nitrogen and oxygen atoms in total. The Bertz CT molecular complexity index is 379. The molecule has 2 amide bonds. The van der Waals surface area contributed by atoms with Crippen molar-refractivity contribution in [3.05, 3.63) is 30.3 Å². The van der Waals surface area contributed by atoms with Crippen LogP contribution in [-0.4, -0.2) is 37.1 Å². The van der Waals surface area contributed by atoms with Gasteiger partial charge in [0.1, 0.15) is 6.54 Å². The first-order chi connectivity index (χ1) is 8.13. The largest absolute Gasteiger partial charge is 0.465 e. The Kier molecular flexibility index (Phi) is 5.00. The van der Waals surface area contributed by atoms with Gasteiger partial charge in [-0.1, -0.05) is 18.2 Å². The smallest absolute Gasteiger partial charge is 0.325 e. The number of nitrogens with one attached hydrogen (secondary N) is 1. The summed E-state index contributed by atoms with van der Waals surface area (Å²) in [5, 5.41) is 2.67. The highest BCUT2D eigenvalue weighted by molar-refractivity contribution is 5.91. The van der Waals surface area contributed by atoms with Crippen LogP contribution in [0.5, 0.6) is 0 Å². The number of ether oxygens (including phenoxy) is 1. The monoisotopic (exact) mass is 236 g/mol. The summed E-state index contributed by atoms with van der Waals surface area (Å²) in [6.45, 7) is 1.97. The van der Waals surface area contributed by atoms with Gasteiger partial charge < -0.3 is 15.0 Å². The van der Waals surface area contributed by atoms with E-state index in [1.807, 2.05) is 18.2 Å². The van der Waals surface area contributed by atoms with Crippen molar-refractivity contribution in [3.8, 4) is 0 Å². The lowest BCUT2D eigenvalue weighted by molar-refractivity contribution is -0.143. The molecule has 0 spiro atoms.